The van der Waals surface area contributed by atoms with E-state index in [1.807, 2.05) is 13.0 Å². The van der Waals surface area contributed by atoms with Gasteiger partial charge in [0.2, 0.25) is 0 Å². The number of ether oxygens (including phenoxy) is 1. The molecule has 1 amide bonds. The summed E-state index contributed by atoms with van der Waals surface area (Å²) in [4.78, 5) is 32.1. The van der Waals surface area contributed by atoms with E-state index >= 15 is 0 Å². The molecule has 0 saturated carbocycles. The number of hydrazone groups is 1. The molecular formula is C20H15BrN4O3. The van der Waals surface area contributed by atoms with Gasteiger partial charge in [0.15, 0.2) is 0 Å². The molecule has 0 radical (unpaired) electrons. The molecule has 1 N–H and O–H groups in total. The standard InChI is InChI=1S/C20H15BrN4O3/c1-13-3-2-4-14(9-13)20(27)28-18-6-5-16(21)10-15(18)11-24-25-19(26)17-12-22-7-8-23-17/h2-12H,1H3,(H,25,26)/b24-11-. The Morgan fingerprint density at radius 1 is 1.18 bits per heavy atom. The molecule has 7 nitrogen and oxygen atoms in total. The number of nitrogens with one attached hydrogen (secondary N) is 1. The van der Waals surface area contributed by atoms with Gasteiger partial charge in [-0.15, -0.1) is 0 Å². The monoisotopic (exact) mass is 438 g/mol. The molecule has 0 spiro atoms. The summed E-state index contributed by atoms with van der Waals surface area (Å²) in [7, 11) is 0. The Kier molecular flexibility index (Phi) is 6.23. The van der Waals surface area contributed by atoms with Crippen molar-refractivity contribution in [3.63, 3.8) is 0 Å². The lowest BCUT2D eigenvalue weighted by Gasteiger charge is -2.08. The van der Waals surface area contributed by atoms with Crippen molar-refractivity contribution >= 4 is 34.0 Å². The second kappa shape index (κ2) is 9.01. The average Bonchev–Trinajstić information content (AvgIpc) is 2.70. The van der Waals surface area contributed by atoms with Crippen LogP contribution in [0.1, 0.15) is 32.0 Å². The molecular weight excluding hydrogens is 424 g/mol. The predicted molar refractivity (Wildman–Crippen MR) is 107 cm³/mol. The Labute approximate surface area is 169 Å². The summed E-state index contributed by atoms with van der Waals surface area (Å²) in [5.74, 6) is -0.672. The first-order chi connectivity index (χ1) is 13.5. The van der Waals surface area contributed by atoms with Crippen molar-refractivity contribution < 1.29 is 14.3 Å². The maximum Gasteiger partial charge on any atom is 0.343 e. The zero-order valence-electron chi connectivity index (χ0n) is 14.8. The lowest BCUT2D eigenvalue weighted by atomic mass is 10.1. The first-order valence-corrected chi connectivity index (χ1v) is 9.00. The lowest BCUT2D eigenvalue weighted by molar-refractivity contribution is 0.0734. The minimum absolute atomic E-state index is 0.139. The highest BCUT2D eigenvalue weighted by Gasteiger charge is 2.12. The van der Waals surface area contributed by atoms with Crippen LogP contribution in [-0.4, -0.2) is 28.1 Å². The van der Waals surface area contributed by atoms with E-state index in [4.69, 9.17) is 4.74 Å². The van der Waals surface area contributed by atoms with E-state index in [1.54, 1.807) is 36.4 Å². The van der Waals surface area contributed by atoms with Crippen LogP contribution in [0, 0.1) is 6.92 Å². The number of hydrogen-bond donors (Lipinski definition) is 1. The van der Waals surface area contributed by atoms with Crippen LogP contribution < -0.4 is 10.2 Å². The molecule has 3 rings (SSSR count). The van der Waals surface area contributed by atoms with Crippen LogP contribution in [0.5, 0.6) is 5.75 Å². The second-order valence-electron chi connectivity index (χ2n) is 5.73. The van der Waals surface area contributed by atoms with E-state index in [2.05, 4.69) is 36.4 Å². The summed E-state index contributed by atoms with van der Waals surface area (Å²) in [6.45, 7) is 1.90. The number of nitrogens with zero attached hydrogens (tertiary/aromatic N) is 3. The smallest absolute Gasteiger partial charge is 0.343 e. The van der Waals surface area contributed by atoms with Gasteiger partial charge >= 0.3 is 5.97 Å². The summed E-state index contributed by atoms with van der Waals surface area (Å²) in [5, 5.41) is 3.91. The van der Waals surface area contributed by atoms with Crippen molar-refractivity contribution in [1.82, 2.24) is 15.4 Å². The first kappa shape index (κ1) is 19.4. The van der Waals surface area contributed by atoms with E-state index in [1.165, 1.54) is 24.8 Å². The summed E-state index contributed by atoms with van der Waals surface area (Å²) in [5.41, 5.74) is 4.41. The van der Waals surface area contributed by atoms with Crippen molar-refractivity contribution in [3.8, 4) is 5.75 Å². The fourth-order valence-corrected chi connectivity index (χ4v) is 2.66. The third-order valence-corrected chi connectivity index (χ3v) is 4.09. The summed E-state index contributed by atoms with van der Waals surface area (Å²) < 4.78 is 6.27. The fraction of sp³-hybridized carbons (Fsp3) is 0.0500. The fourth-order valence-electron chi connectivity index (χ4n) is 2.28. The van der Waals surface area contributed by atoms with Crippen LogP contribution in [0.4, 0.5) is 0 Å². The van der Waals surface area contributed by atoms with Gasteiger partial charge in [0.25, 0.3) is 5.91 Å². The molecule has 1 aromatic heterocycles. The van der Waals surface area contributed by atoms with E-state index in [0.717, 1.165) is 10.0 Å². The van der Waals surface area contributed by atoms with Crippen LogP contribution in [0.2, 0.25) is 0 Å². The van der Waals surface area contributed by atoms with Gasteiger partial charge < -0.3 is 4.74 Å². The molecule has 0 unspecified atom stereocenters. The molecule has 3 aromatic rings. The molecule has 28 heavy (non-hydrogen) atoms. The normalized spacial score (nSPS) is 10.6. The number of benzene rings is 2. The highest BCUT2D eigenvalue weighted by Crippen LogP contribution is 2.23. The SMILES string of the molecule is Cc1cccc(C(=O)Oc2ccc(Br)cc2/C=N\NC(=O)c2cnccn2)c1. The van der Waals surface area contributed by atoms with Crippen LogP contribution >= 0.6 is 15.9 Å². The molecule has 0 saturated heterocycles. The van der Waals surface area contributed by atoms with Crippen LogP contribution in [-0.2, 0) is 0 Å². The zero-order valence-corrected chi connectivity index (χ0v) is 16.4. The van der Waals surface area contributed by atoms with Gasteiger partial charge in [0.1, 0.15) is 11.4 Å². The van der Waals surface area contributed by atoms with Crippen molar-refractivity contribution in [2.45, 2.75) is 6.92 Å². The predicted octanol–water partition coefficient (Wildman–Crippen LogP) is 3.53. The minimum Gasteiger partial charge on any atom is -0.422 e. The van der Waals surface area contributed by atoms with Crippen molar-refractivity contribution in [2.24, 2.45) is 5.10 Å². The largest absolute Gasteiger partial charge is 0.422 e. The molecule has 0 atom stereocenters. The topological polar surface area (TPSA) is 93.5 Å². The third-order valence-electron chi connectivity index (χ3n) is 3.59. The number of amides is 1. The van der Waals surface area contributed by atoms with Crippen LogP contribution in [0.3, 0.4) is 0 Å². The molecule has 0 aliphatic carbocycles. The summed E-state index contributed by atoms with van der Waals surface area (Å²) >= 11 is 3.37. The highest BCUT2D eigenvalue weighted by atomic mass is 79.9. The van der Waals surface area contributed by atoms with Gasteiger partial charge in [-0.2, -0.15) is 5.10 Å². The summed E-state index contributed by atoms with van der Waals surface area (Å²) in [6.07, 6.45) is 5.60. The molecule has 8 heteroatoms. The van der Waals surface area contributed by atoms with E-state index < -0.39 is 11.9 Å². The number of carbonyl (C=O) groups excluding carboxylic acids is 2. The number of esters is 1. The van der Waals surface area contributed by atoms with Gasteiger partial charge in [0.05, 0.1) is 18.0 Å². The zero-order chi connectivity index (χ0) is 19.9. The number of aromatic nitrogens is 2. The quantitative estimate of drug-likeness (QED) is 0.284. The Balaban J connectivity index is 1.75. The highest BCUT2D eigenvalue weighted by molar-refractivity contribution is 9.10. The Bertz CT molecular complexity index is 1040. The molecule has 2 aromatic carbocycles. The van der Waals surface area contributed by atoms with Crippen molar-refractivity contribution in [1.29, 1.82) is 0 Å². The van der Waals surface area contributed by atoms with E-state index in [9.17, 15) is 9.59 Å². The van der Waals surface area contributed by atoms with E-state index in [-0.39, 0.29) is 5.69 Å². The van der Waals surface area contributed by atoms with Gasteiger partial charge in [0, 0.05) is 22.4 Å². The first-order valence-electron chi connectivity index (χ1n) is 8.21. The van der Waals surface area contributed by atoms with Gasteiger partial charge in [-0.25, -0.2) is 15.2 Å². The Morgan fingerprint density at radius 3 is 2.79 bits per heavy atom. The minimum atomic E-state index is -0.502. The van der Waals surface area contributed by atoms with Crippen LogP contribution in [0.15, 0.2) is 70.6 Å². The maximum atomic E-state index is 12.4. The molecule has 0 fully saturated rings. The van der Waals surface area contributed by atoms with Crippen LogP contribution in [0.25, 0.3) is 0 Å². The van der Waals surface area contributed by atoms with Crippen molar-refractivity contribution in [2.75, 3.05) is 0 Å². The summed E-state index contributed by atoms with van der Waals surface area (Å²) in [6, 6.07) is 12.2. The van der Waals surface area contributed by atoms with Gasteiger partial charge in [-0.05, 0) is 37.3 Å². The number of rotatable bonds is 5. The maximum absolute atomic E-state index is 12.4. The van der Waals surface area contributed by atoms with Crippen molar-refractivity contribution in [3.05, 3.63) is 87.9 Å². The number of carbonyl (C=O) groups is 2. The third kappa shape index (κ3) is 5.08. The average molecular weight is 439 g/mol. The molecule has 0 aliphatic rings. The number of halogens is 1. The molecule has 1 heterocycles. The molecule has 0 bridgehead atoms. The Morgan fingerprint density at radius 2 is 2.04 bits per heavy atom. The number of hydrogen-bond acceptors (Lipinski definition) is 6. The number of aryl methyl sites for hydroxylation is 1. The molecule has 0 aliphatic heterocycles. The van der Waals surface area contributed by atoms with Gasteiger partial charge in [-0.1, -0.05) is 33.6 Å². The lowest BCUT2D eigenvalue weighted by Crippen LogP contribution is -2.19. The second-order valence-corrected chi connectivity index (χ2v) is 6.65. The Hall–Kier alpha value is -3.39. The van der Waals surface area contributed by atoms with E-state index in [0.29, 0.717) is 16.9 Å². The van der Waals surface area contributed by atoms with Gasteiger partial charge in [-0.3, -0.25) is 9.78 Å². The molecule has 140 valence electrons.